The summed E-state index contributed by atoms with van der Waals surface area (Å²) in [5, 5.41) is 3.46. The molecule has 0 aliphatic carbocycles. The first kappa shape index (κ1) is 18.6. The van der Waals surface area contributed by atoms with Gasteiger partial charge in [-0.25, -0.2) is 8.78 Å². The molecule has 2 aliphatic rings. The molecule has 1 N–H and O–H groups in total. The zero-order valence-electron chi connectivity index (χ0n) is 15.7. The van der Waals surface area contributed by atoms with Crippen LogP contribution in [-0.2, 0) is 6.42 Å². The Morgan fingerprint density at radius 2 is 1.79 bits per heavy atom. The number of fused-ring (bicyclic) bond motifs is 3. The molecular formula is C24H20ClF2NO. The van der Waals surface area contributed by atoms with Crippen molar-refractivity contribution >= 4 is 11.6 Å². The van der Waals surface area contributed by atoms with E-state index in [1.807, 2.05) is 42.5 Å². The summed E-state index contributed by atoms with van der Waals surface area (Å²) < 4.78 is 35.7. The number of rotatable bonds is 3. The number of benzene rings is 3. The predicted octanol–water partition coefficient (Wildman–Crippen LogP) is 5.71. The Morgan fingerprint density at radius 1 is 1.03 bits per heavy atom. The second kappa shape index (κ2) is 7.43. The molecule has 5 rings (SSSR count). The normalized spacial score (nSPS) is 20.1. The quantitative estimate of drug-likeness (QED) is 0.595. The van der Waals surface area contributed by atoms with E-state index in [1.54, 1.807) is 0 Å². The minimum absolute atomic E-state index is 0.0428. The van der Waals surface area contributed by atoms with Crippen LogP contribution in [0.1, 0.15) is 29.0 Å². The molecule has 2 nitrogen and oxygen atoms in total. The first-order chi connectivity index (χ1) is 14.1. The fourth-order valence-corrected chi connectivity index (χ4v) is 4.67. The van der Waals surface area contributed by atoms with Crippen LogP contribution in [0.25, 0.3) is 11.1 Å². The van der Waals surface area contributed by atoms with Crippen LogP contribution in [0.3, 0.4) is 0 Å². The smallest absolute Gasteiger partial charge is 0.135 e. The van der Waals surface area contributed by atoms with E-state index in [0.717, 1.165) is 54.1 Å². The molecule has 3 aromatic carbocycles. The van der Waals surface area contributed by atoms with Crippen molar-refractivity contribution < 1.29 is 13.5 Å². The minimum Gasteiger partial charge on any atom is -0.489 e. The van der Waals surface area contributed by atoms with Gasteiger partial charge in [0.05, 0.1) is 5.56 Å². The third kappa shape index (κ3) is 3.41. The second-order valence-electron chi connectivity index (χ2n) is 7.72. The standard InChI is InChI=1S/C24H20ClF2NO/c25-17-11-20(26)23(21(27)12-17)15-9-16(8-14-4-2-1-3-5-14)24-18(10-15)19-13-28-7-6-22(19)29-24/h1-5,9-12,19,22,28H,6-8,13H2/t19-,22-/m0/s1. The van der Waals surface area contributed by atoms with Gasteiger partial charge in [0.25, 0.3) is 0 Å². The van der Waals surface area contributed by atoms with Crippen LogP contribution in [0, 0.1) is 11.6 Å². The SMILES string of the molecule is Fc1cc(Cl)cc(F)c1-c1cc(Cc2ccccc2)c2c(c1)[C@@H]1CNCC[C@@H]1O2. The van der Waals surface area contributed by atoms with Crippen molar-refractivity contribution in [2.45, 2.75) is 24.9 Å². The Bertz CT molecular complexity index is 1050. The van der Waals surface area contributed by atoms with E-state index >= 15 is 0 Å². The van der Waals surface area contributed by atoms with E-state index in [1.165, 1.54) is 0 Å². The van der Waals surface area contributed by atoms with Gasteiger partial charge in [0, 0.05) is 29.5 Å². The maximum Gasteiger partial charge on any atom is 0.135 e. The van der Waals surface area contributed by atoms with Gasteiger partial charge in [-0.2, -0.15) is 0 Å². The molecule has 1 saturated heterocycles. The number of hydrogen-bond donors (Lipinski definition) is 1. The predicted molar refractivity (Wildman–Crippen MR) is 111 cm³/mol. The van der Waals surface area contributed by atoms with Gasteiger partial charge in [-0.05, 0) is 53.9 Å². The number of piperidine rings is 1. The molecule has 0 unspecified atom stereocenters. The van der Waals surface area contributed by atoms with Gasteiger partial charge in [0.2, 0.25) is 0 Å². The molecule has 2 aliphatic heterocycles. The average molecular weight is 412 g/mol. The summed E-state index contributed by atoms with van der Waals surface area (Å²) in [6.07, 6.45) is 1.67. The van der Waals surface area contributed by atoms with Crippen molar-refractivity contribution in [3.63, 3.8) is 0 Å². The average Bonchev–Trinajstić information content (AvgIpc) is 3.07. The van der Waals surface area contributed by atoms with Crippen molar-refractivity contribution in [2.75, 3.05) is 13.1 Å². The minimum atomic E-state index is -0.655. The zero-order chi connectivity index (χ0) is 20.0. The Morgan fingerprint density at radius 3 is 2.55 bits per heavy atom. The van der Waals surface area contributed by atoms with Crippen LogP contribution in [0.2, 0.25) is 5.02 Å². The molecule has 0 aromatic heterocycles. The van der Waals surface area contributed by atoms with E-state index < -0.39 is 11.6 Å². The molecule has 0 radical (unpaired) electrons. The number of halogens is 3. The Labute approximate surface area is 173 Å². The van der Waals surface area contributed by atoms with Gasteiger partial charge in [-0.1, -0.05) is 41.9 Å². The van der Waals surface area contributed by atoms with Crippen molar-refractivity contribution in [1.82, 2.24) is 5.32 Å². The van der Waals surface area contributed by atoms with Crippen LogP contribution in [0.4, 0.5) is 8.78 Å². The summed E-state index contributed by atoms with van der Waals surface area (Å²) in [4.78, 5) is 0. The molecule has 0 bridgehead atoms. The molecule has 148 valence electrons. The van der Waals surface area contributed by atoms with Crippen molar-refractivity contribution in [1.29, 1.82) is 0 Å². The van der Waals surface area contributed by atoms with Gasteiger partial charge in [-0.15, -0.1) is 0 Å². The lowest BCUT2D eigenvalue weighted by atomic mass is 9.87. The molecule has 5 heteroatoms. The highest BCUT2D eigenvalue weighted by Gasteiger charge is 2.38. The Kier molecular flexibility index (Phi) is 4.76. The highest BCUT2D eigenvalue weighted by atomic mass is 35.5. The summed E-state index contributed by atoms with van der Waals surface area (Å²) in [6.45, 7) is 1.72. The lowest BCUT2D eigenvalue weighted by molar-refractivity contribution is 0.171. The maximum atomic E-state index is 14.7. The van der Waals surface area contributed by atoms with Crippen LogP contribution in [0.15, 0.2) is 54.6 Å². The summed E-state index contributed by atoms with van der Waals surface area (Å²) in [5.74, 6) is -0.256. The van der Waals surface area contributed by atoms with Crippen LogP contribution in [-0.4, -0.2) is 19.2 Å². The third-order valence-electron chi connectivity index (χ3n) is 5.81. The molecule has 0 spiro atoms. The van der Waals surface area contributed by atoms with Crippen molar-refractivity contribution in [3.8, 4) is 16.9 Å². The fourth-order valence-electron chi connectivity index (χ4n) is 4.48. The number of hydrogen-bond acceptors (Lipinski definition) is 2. The van der Waals surface area contributed by atoms with Crippen LogP contribution < -0.4 is 10.1 Å². The third-order valence-corrected chi connectivity index (χ3v) is 6.03. The van der Waals surface area contributed by atoms with Crippen molar-refractivity contribution in [2.24, 2.45) is 0 Å². The van der Waals surface area contributed by atoms with Crippen LogP contribution in [0.5, 0.6) is 5.75 Å². The first-order valence-electron chi connectivity index (χ1n) is 9.83. The molecule has 2 atom stereocenters. The molecule has 0 saturated carbocycles. The van der Waals surface area contributed by atoms with E-state index in [-0.39, 0.29) is 22.6 Å². The van der Waals surface area contributed by atoms with E-state index in [0.29, 0.717) is 12.0 Å². The van der Waals surface area contributed by atoms with Gasteiger partial charge in [0.1, 0.15) is 23.5 Å². The van der Waals surface area contributed by atoms with E-state index in [4.69, 9.17) is 16.3 Å². The second-order valence-corrected chi connectivity index (χ2v) is 8.15. The monoisotopic (exact) mass is 411 g/mol. The molecule has 0 amide bonds. The lowest BCUT2D eigenvalue weighted by Gasteiger charge is -2.24. The van der Waals surface area contributed by atoms with Gasteiger partial charge in [-0.3, -0.25) is 0 Å². The van der Waals surface area contributed by atoms with Gasteiger partial charge >= 0.3 is 0 Å². The largest absolute Gasteiger partial charge is 0.489 e. The fraction of sp³-hybridized carbons (Fsp3) is 0.250. The lowest BCUT2D eigenvalue weighted by Crippen LogP contribution is -2.37. The Hall–Kier alpha value is -2.43. The molecular weight excluding hydrogens is 392 g/mol. The maximum absolute atomic E-state index is 14.7. The number of nitrogens with one attached hydrogen (secondary N) is 1. The highest BCUT2D eigenvalue weighted by Crippen LogP contribution is 2.46. The molecule has 3 aromatic rings. The Balaban J connectivity index is 1.67. The summed E-state index contributed by atoms with van der Waals surface area (Å²) in [5.41, 5.74) is 3.58. The van der Waals surface area contributed by atoms with Crippen molar-refractivity contribution in [3.05, 3.63) is 87.9 Å². The number of ether oxygens (including phenoxy) is 1. The van der Waals surface area contributed by atoms with E-state index in [2.05, 4.69) is 5.32 Å². The molecule has 29 heavy (non-hydrogen) atoms. The zero-order valence-corrected chi connectivity index (χ0v) is 16.5. The highest BCUT2D eigenvalue weighted by molar-refractivity contribution is 6.30. The molecule has 1 fully saturated rings. The summed E-state index contributed by atoms with van der Waals surface area (Å²) in [6, 6.07) is 16.1. The topological polar surface area (TPSA) is 21.3 Å². The summed E-state index contributed by atoms with van der Waals surface area (Å²) >= 11 is 5.82. The molecule has 2 heterocycles. The van der Waals surface area contributed by atoms with Gasteiger partial charge < -0.3 is 10.1 Å². The first-order valence-corrected chi connectivity index (χ1v) is 10.2. The van der Waals surface area contributed by atoms with Crippen LogP contribution >= 0.6 is 11.6 Å². The summed E-state index contributed by atoms with van der Waals surface area (Å²) in [7, 11) is 0. The van der Waals surface area contributed by atoms with Gasteiger partial charge in [0.15, 0.2) is 0 Å². The van der Waals surface area contributed by atoms with E-state index in [9.17, 15) is 8.78 Å².